The van der Waals surface area contributed by atoms with E-state index in [1.807, 2.05) is 6.92 Å². The lowest BCUT2D eigenvalue weighted by Crippen LogP contribution is -1.99. The highest BCUT2D eigenvalue weighted by Gasteiger charge is 2.06. The van der Waals surface area contributed by atoms with Gasteiger partial charge in [0.1, 0.15) is 23.7 Å². The highest BCUT2D eigenvalue weighted by Crippen LogP contribution is 2.28. The van der Waals surface area contributed by atoms with E-state index in [4.69, 9.17) is 27.7 Å². The molecular weight excluding hydrogens is 325 g/mol. The number of hydrogen-bond donors (Lipinski definition) is 2. The minimum absolute atomic E-state index is 0.546. The molecule has 6 nitrogen and oxygen atoms in total. The van der Waals surface area contributed by atoms with Crippen LogP contribution in [0.15, 0.2) is 41.2 Å². The summed E-state index contributed by atoms with van der Waals surface area (Å²) in [5.41, 5.74) is 0.663. The zero-order valence-electron chi connectivity index (χ0n) is 11.5. The molecule has 0 aliphatic carbocycles. The average molecular weight is 336 g/mol. The second kappa shape index (κ2) is 6.21. The van der Waals surface area contributed by atoms with E-state index in [9.17, 15) is 0 Å². The number of aromatic nitrogens is 3. The molecule has 1 aromatic carbocycles. The second-order valence-corrected chi connectivity index (χ2v) is 5.33. The van der Waals surface area contributed by atoms with Crippen LogP contribution in [-0.2, 0) is 0 Å². The summed E-state index contributed by atoms with van der Waals surface area (Å²) in [5, 5.41) is 11.1. The highest BCUT2D eigenvalue weighted by molar-refractivity contribution is 6.35. The summed E-state index contributed by atoms with van der Waals surface area (Å²) < 4.78 is 4.99. The van der Waals surface area contributed by atoms with E-state index >= 15 is 0 Å². The largest absolute Gasteiger partial charge is 0.360 e. The maximum Gasteiger partial charge on any atom is 0.175 e. The zero-order chi connectivity index (χ0) is 15.5. The first-order valence-corrected chi connectivity index (χ1v) is 7.10. The van der Waals surface area contributed by atoms with E-state index in [0.29, 0.717) is 38.9 Å². The molecule has 2 aromatic heterocycles. The topological polar surface area (TPSA) is 75.9 Å². The van der Waals surface area contributed by atoms with Crippen molar-refractivity contribution < 1.29 is 4.52 Å². The zero-order valence-corrected chi connectivity index (χ0v) is 13.0. The van der Waals surface area contributed by atoms with Crippen LogP contribution in [0.5, 0.6) is 0 Å². The molecule has 2 heterocycles. The van der Waals surface area contributed by atoms with Gasteiger partial charge < -0.3 is 15.2 Å². The van der Waals surface area contributed by atoms with E-state index in [1.165, 1.54) is 6.33 Å². The van der Waals surface area contributed by atoms with Crippen molar-refractivity contribution in [2.24, 2.45) is 0 Å². The fourth-order valence-electron chi connectivity index (χ4n) is 1.78. The lowest BCUT2D eigenvalue weighted by molar-refractivity contribution is 0.400. The Hall–Kier alpha value is -2.31. The predicted octanol–water partition coefficient (Wildman–Crippen LogP) is 4.57. The monoisotopic (exact) mass is 335 g/mol. The number of anilines is 4. The number of halogens is 2. The van der Waals surface area contributed by atoms with Crippen molar-refractivity contribution in [3.63, 3.8) is 0 Å². The molecule has 112 valence electrons. The molecule has 3 aromatic rings. The lowest BCUT2D eigenvalue weighted by atomic mass is 10.3. The summed E-state index contributed by atoms with van der Waals surface area (Å²) in [6.07, 6.45) is 1.43. The summed E-state index contributed by atoms with van der Waals surface area (Å²) in [7, 11) is 0. The van der Waals surface area contributed by atoms with E-state index in [-0.39, 0.29) is 0 Å². The Morgan fingerprint density at radius 3 is 2.45 bits per heavy atom. The van der Waals surface area contributed by atoms with Crippen LogP contribution in [0.3, 0.4) is 0 Å². The molecule has 0 saturated carbocycles. The number of rotatable bonds is 4. The maximum absolute atomic E-state index is 6.12. The molecule has 0 unspecified atom stereocenters. The number of nitrogens with zero attached hydrogens (tertiary/aromatic N) is 3. The Morgan fingerprint density at radius 2 is 1.73 bits per heavy atom. The third-order valence-corrected chi connectivity index (χ3v) is 3.31. The van der Waals surface area contributed by atoms with Gasteiger partial charge in [-0.1, -0.05) is 28.4 Å². The van der Waals surface area contributed by atoms with Crippen LogP contribution in [-0.4, -0.2) is 15.1 Å². The van der Waals surface area contributed by atoms with Crippen LogP contribution in [0.4, 0.5) is 23.1 Å². The molecule has 3 rings (SSSR count). The van der Waals surface area contributed by atoms with Crippen molar-refractivity contribution >= 4 is 46.3 Å². The van der Waals surface area contributed by atoms with Gasteiger partial charge in [0.05, 0.1) is 10.7 Å². The van der Waals surface area contributed by atoms with Crippen molar-refractivity contribution in [1.29, 1.82) is 0 Å². The molecule has 0 saturated heterocycles. The van der Waals surface area contributed by atoms with Crippen LogP contribution >= 0.6 is 23.2 Å². The number of hydrogen-bond acceptors (Lipinski definition) is 6. The van der Waals surface area contributed by atoms with Crippen LogP contribution in [0, 0.1) is 6.92 Å². The first kappa shape index (κ1) is 14.6. The van der Waals surface area contributed by atoms with Gasteiger partial charge in [0.2, 0.25) is 0 Å². The first-order chi connectivity index (χ1) is 10.6. The van der Waals surface area contributed by atoms with Gasteiger partial charge >= 0.3 is 0 Å². The van der Waals surface area contributed by atoms with Gasteiger partial charge in [0, 0.05) is 17.2 Å². The molecule has 0 amide bonds. The van der Waals surface area contributed by atoms with Crippen LogP contribution in [0.25, 0.3) is 0 Å². The van der Waals surface area contributed by atoms with Crippen LogP contribution in [0.2, 0.25) is 10.0 Å². The summed E-state index contributed by atoms with van der Waals surface area (Å²) >= 11 is 12.1. The molecule has 0 bridgehead atoms. The van der Waals surface area contributed by atoms with Gasteiger partial charge in [-0.3, -0.25) is 0 Å². The van der Waals surface area contributed by atoms with Gasteiger partial charge in [0.25, 0.3) is 0 Å². The fraction of sp³-hybridized carbons (Fsp3) is 0.0714. The van der Waals surface area contributed by atoms with Crippen molar-refractivity contribution in [2.45, 2.75) is 6.92 Å². The quantitative estimate of drug-likeness (QED) is 0.727. The van der Waals surface area contributed by atoms with Crippen molar-refractivity contribution in [3.8, 4) is 0 Å². The molecule has 2 N–H and O–H groups in total. The number of aryl methyl sites for hydroxylation is 1. The molecule has 8 heteroatoms. The Kier molecular flexibility index (Phi) is 4.13. The molecular formula is C14H11Cl2N5O. The van der Waals surface area contributed by atoms with Crippen LogP contribution in [0.1, 0.15) is 5.76 Å². The van der Waals surface area contributed by atoms with E-state index in [0.717, 1.165) is 0 Å². The normalized spacial score (nSPS) is 10.5. The first-order valence-electron chi connectivity index (χ1n) is 6.34. The number of benzene rings is 1. The molecule has 0 aliphatic rings. The van der Waals surface area contributed by atoms with E-state index in [2.05, 4.69) is 25.8 Å². The maximum atomic E-state index is 6.12. The Bertz CT molecular complexity index is 805. The van der Waals surface area contributed by atoms with Gasteiger partial charge in [-0.15, -0.1) is 0 Å². The fourth-order valence-corrected chi connectivity index (χ4v) is 2.12. The lowest BCUT2D eigenvalue weighted by Gasteiger charge is -2.09. The van der Waals surface area contributed by atoms with Crippen molar-refractivity contribution in [2.75, 3.05) is 10.6 Å². The Labute approximate surface area is 136 Å². The average Bonchev–Trinajstić information content (AvgIpc) is 2.88. The molecule has 22 heavy (non-hydrogen) atoms. The van der Waals surface area contributed by atoms with Crippen LogP contribution < -0.4 is 10.6 Å². The third-order valence-electron chi connectivity index (χ3n) is 2.74. The molecule has 0 radical (unpaired) electrons. The van der Waals surface area contributed by atoms with Gasteiger partial charge in [-0.05, 0) is 25.1 Å². The van der Waals surface area contributed by atoms with Gasteiger partial charge in [0.15, 0.2) is 5.82 Å². The Morgan fingerprint density at radius 1 is 0.955 bits per heavy atom. The predicted molar refractivity (Wildman–Crippen MR) is 86.3 cm³/mol. The Balaban J connectivity index is 1.80. The second-order valence-electron chi connectivity index (χ2n) is 4.49. The minimum atomic E-state index is 0.546. The molecule has 0 atom stereocenters. The third kappa shape index (κ3) is 3.47. The van der Waals surface area contributed by atoms with E-state index < -0.39 is 0 Å². The summed E-state index contributed by atoms with van der Waals surface area (Å²) in [6.45, 7) is 1.81. The SMILES string of the molecule is Cc1cc(Nc2cc(Nc3cc(Cl)ccc3Cl)ncn2)no1. The van der Waals surface area contributed by atoms with Gasteiger partial charge in [-0.2, -0.15) is 0 Å². The van der Waals surface area contributed by atoms with E-state index in [1.54, 1.807) is 30.3 Å². The smallest absolute Gasteiger partial charge is 0.175 e. The van der Waals surface area contributed by atoms with Crippen molar-refractivity contribution in [3.05, 3.63) is 52.5 Å². The number of nitrogens with one attached hydrogen (secondary N) is 2. The highest BCUT2D eigenvalue weighted by atomic mass is 35.5. The summed E-state index contributed by atoms with van der Waals surface area (Å²) in [6, 6.07) is 8.64. The van der Waals surface area contributed by atoms with Crippen molar-refractivity contribution in [1.82, 2.24) is 15.1 Å². The minimum Gasteiger partial charge on any atom is -0.360 e. The summed E-state index contributed by atoms with van der Waals surface area (Å²) in [4.78, 5) is 8.27. The molecule has 0 spiro atoms. The summed E-state index contributed by atoms with van der Waals surface area (Å²) in [5.74, 6) is 2.43. The standard InChI is InChI=1S/C14H11Cl2N5O/c1-8-4-14(21-22-8)20-13-6-12(17-7-18-13)19-11-5-9(15)2-3-10(11)16/h2-7H,1H3,(H2,17,18,19,20,21). The molecule has 0 fully saturated rings. The molecule has 0 aliphatic heterocycles. The van der Waals surface area contributed by atoms with Gasteiger partial charge in [-0.25, -0.2) is 9.97 Å².